The van der Waals surface area contributed by atoms with E-state index in [-0.39, 0.29) is 18.5 Å². The van der Waals surface area contributed by atoms with E-state index < -0.39 is 0 Å². The highest BCUT2D eigenvalue weighted by atomic mass is 35.5. The molecule has 0 atom stereocenters. The Hall–Kier alpha value is -2.61. The smallest absolute Gasteiger partial charge is 0.319 e. The Labute approximate surface area is 163 Å². The van der Waals surface area contributed by atoms with Gasteiger partial charge in [-0.05, 0) is 29.8 Å². The molecule has 0 fully saturated rings. The number of hydrogen-bond acceptors (Lipinski definition) is 4. The molecule has 27 heavy (non-hydrogen) atoms. The molecule has 3 amide bonds. The normalized spacial score (nSPS) is 10.3. The quantitative estimate of drug-likeness (QED) is 0.495. The summed E-state index contributed by atoms with van der Waals surface area (Å²) in [6, 6.07) is 13.9. The average Bonchev–Trinajstić information content (AvgIpc) is 2.66. The zero-order valence-corrected chi connectivity index (χ0v) is 15.8. The first-order chi connectivity index (χ1) is 13.1. The Bertz CT molecular complexity index is 770. The first kappa shape index (κ1) is 20.7. The molecule has 0 aliphatic rings. The fourth-order valence-corrected chi connectivity index (χ4v) is 2.43. The molecule has 144 valence electrons. The van der Waals surface area contributed by atoms with Gasteiger partial charge in [0, 0.05) is 25.9 Å². The number of anilines is 2. The second kappa shape index (κ2) is 11.2. The number of hydrogen-bond donors (Lipinski definition) is 4. The number of urea groups is 1. The zero-order valence-electron chi connectivity index (χ0n) is 15.0. The minimum atomic E-state index is -0.361. The third-order valence-electron chi connectivity index (χ3n) is 3.55. The van der Waals surface area contributed by atoms with Crippen molar-refractivity contribution in [2.75, 3.05) is 37.4 Å². The van der Waals surface area contributed by atoms with Gasteiger partial charge in [-0.25, -0.2) is 4.79 Å². The zero-order chi connectivity index (χ0) is 19.5. The van der Waals surface area contributed by atoms with Gasteiger partial charge >= 0.3 is 6.03 Å². The summed E-state index contributed by atoms with van der Waals surface area (Å²) < 4.78 is 4.91. The summed E-state index contributed by atoms with van der Waals surface area (Å²) in [4.78, 5) is 23.9. The maximum atomic E-state index is 12.0. The van der Waals surface area contributed by atoms with E-state index in [1.54, 1.807) is 37.4 Å². The van der Waals surface area contributed by atoms with E-state index in [4.69, 9.17) is 16.3 Å². The highest BCUT2D eigenvalue weighted by Gasteiger charge is 2.06. The van der Waals surface area contributed by atoms with Crippen molar-refractivity contribution in [1.29, 1.82) is 0 Å². The van der Waals surface area contributed by atoms with E-state index in [0.29, 0.717) is 36.1 Å². The molecule has 2 aromatic carbocycles. The SMILES string of the molecule is COCCNCC(=O)Nc1cccc(CNC(=O)Nc2ccccc2Cl)c1. The summed E-state index contributed by atoms with van der Waals surface area (Å²) in [5.74, 6) is -0.146. The topological polar surface area (TPSA) is 91.5 Å². The van der Waals surface area contributed by atoms with Crippen LogP contribution < -0.4 is 21.3 Å². The van der Waals surface area contributed by atoms with Gasteiger partial charge in [0.2, 0.25) is 5.91 Å². The van der Waals surface area contributed by atoms with Crippen molar-refractivity contribution in [2.24, 2.45) is 0 Å². The Morgan fingerprint density at radius 1 is 1.07 bits per heavy atom. The Balaban J connectivity index is 1.80. The van der Waals surface area contributed by atoms with Gasteiger partial charge in [-0.15, -0.1) is 0 Å². The van der Waals surface area contributed by atoms with Gasteiger partial charge in [0.05, 0.1) is 23.9 Å². The predicted octanol–water partition coefficient (Wildman–Crippen LogP) is 2.84. The molecule has 0 aromatic heterocycles. The molecular weight excluding hydrogens is 368 g/mol. The second-order valence-corrected chi connectivity index (χ2v) is 6.11. The summed E-state index contributed by atoms with van der Waals surface area (Å²) in [7, 11) is 1.61. The molecule has 2 rings (SSSR count). The Morgan fingerprint density at radius 2 is 1.89 bits per heavy atom. The number of carbonyl (C=O) groups excluding carboxylic acids is 2. The molecule has 0 aliphatic heterocycles. The van der Waals surface area contributed by atoms with Crippen molar-refractivity contribution in [3.8, 4) is 0 Å². The van der Waals surface area contributed by atoms with Crippen LogP contribution in [0.15, 0.2) is 48.5 Å². The van der Waals surface area contributed by atoms with Crippen molar-refractivity contribution < 1.29 is 14.3 Å². The standard InChI is InChI=1S/C19H23ClN4O3/c1-27-10-9-21-13-18(25)23-15-6-4-5-14(11-15)12-22-19(26)24-17-8-3-2-7-16(17)20/h2-8,11,21H,9-10,12-13H2,1H3,(H,23,25)(H2,22,24,26). The molecule has 0 bridgehead atoms. The van der Waals surface area contributed by atoms with Crippen molar-refractivity contribution in [2.45, 2.75) is 6.54 Å². The predicted molar refractivity (Wildman–Crippen MR) is 107 cm³/mol. The first-order valence-corrected chi connectivity index (χ1v) is 8.84. The van der Waals surface area contributed by atoms with Crippen molar-refractivity contribution in [3.05, 3.63) is 59.1 Å². The number of benzene rings is 2. The fourth-order valence-electron chi connectivity index (χ4n) is 2.25. The van der Waals surface area contributed by atoms with E-state index in [0.717, 1.165) is 5.56 Å². The van der Waals surface area contributed by atoms with Gasteiger partial charge in [0.1, 0.15) is 0 Å². The summed E-state index contributed by atoms with van der Waals surface area (Å²) >= 11 is 6.01. The lowest BCUT2D eigenvalue weighted by Gasteiger charge is -2.10. The molecule has 7 nitrogen and oxygen atoms in total. The lowest BCUT2D eigenvalue weighted by Crippen LogP contribution is -2.30. The second-order valence-electron chi connectivity index (χ2n) is 5.71. The van der Waals surface area contributed by atoms with Crippen LogP contribution in [0.2, 0.25) is 5.02 Å². The van der Waals surface area contributed by atoms with E-state index in [1.165, 1.54) is 0 Å². The molecule has 0 spiro atoms. The average molecular weight is 391 g/mol. The molecule has 0 aliphatic carbocycles. The number of methoxy groups -OCH3 is 1. The monoisotopic (exact) mass is 390 g/mol. The molecule has 8 heteroatoms. The highest BCUT2D eigenvalue weighted by Crippen LogP contribution is 2.20. The van der Waals surface area contributed by atoms with Crippen molar-refractivity contribution >= 4 is 34.9 Å². The van der Waals surface area contributed by atoms with E-state index >= 15 is 0 Å². The lowest BCUT2D eigenvalue weighted by atomic mass is 10.2. The number of nitrogens with one attached hydrogen (secondary N) is 4. The Morgan fingerprint density at radius 3 is 2.67 bits per heavy atom. The molecule has 0 radical (unpaired) electrons. The lowest BCUT2D eigenvalue weighted by molar-refractivity contribution is -0.115. The van der Waals surface area contributed by atoms with Crippen molar-refractivity contribution in [3.63, 3.8) is 0 Å². The molecule has 4 N–H and O–H groups in total. The maximum Gasteiger partial charge on any atom is 0.319 e. The maximum absolute atomic E-state index is 12.0. The van der Waals surface area contributed by atoms with Crippen LogP contribution in [0.25, 0.3) is 0 Å². The molecule has 2 aromatic rings. The number of para-hydroxylation sites is 1. The van der Waals surface area contributed by atoms with Crippen LogP contribution in [0, 0.1) is 0 Å². The van der Waals surface area contributed by atoms with Gasteiger partial charge < -0.3 is 26.0 Å². The van der Waals surface area contributed by atoms with Crippen LogP contribution in [0.1, 0.15) is 5.56 Å². The molecule has 0 unspecified atom stereocenters. The van der Waals surface area contributed by atoms with Crippen LogP contribution in [0.4, 0.5) is 16.2 Å². The number of rotatable bonds is 9. The minimum Gasteiger partial charge on any atom is -0.383 e. The number of halogens is 1. The van der Waals surface area contributed by atoms with Crippen LogP contribution in [0.3, 0.4) is 0 Å². The van der Waals surface area contributed by atoms with Gasteiger partial charge in [0.25, 0.3) is 0 Å². The van der Waals surface area contributed by atoms with Gasteiger partial charge in [0.15, 0.2) is 0 Å². The van der Waals surface area contributed by atoms with E-state index in [9.17, 15) is 9.59 Å². The van der Waals surface area contributed by atoms with Crippen LogP contribution >= 0.6 is 11.6 Å². The summed E-state index contributed by atoms with van der Waals surface area (Å²) in [5.41, 5.74) is 2.06. The third-order valence-corrected chi connectivity index (χ3v) is 3.88. The molecule has 0 saturated carbocycles. The van der Waals surface area contributed by atoms with Crippen molar-refractivity contribution in [1.82, 2.24) is 10.6 Å². The number of amides is 3. The van der Waals surface area contributed by atoms with E-state index in [2.05, 4.69) is 21.3 Å². The van der Waals surface area contributed by atoms with Gasteiger partial charge in [-0.2, -0.15) is 0 Å². The van der Waals surface area contributed by atoms with Crippen LogP contribution in [-0.4, -0.2) is 38.7 Å². The first-order valence-electron chi connectivity index (χ1n) is 8.46. The van der Waals surface area contributed by atoms with Gasteiger partial charge in [-0.3, -0.25) is 4.79 Å². The molecule has 0 heterocycles. The number of ether oxygens (including phenoxy) is 1. The Kier molecular flexibility index (Phi) is 8.57. The molecule has 0 saturated heterocycles. The van der Waals surface area contributed by atoms with E-state index in [1.807, 2.05) is 18.2 Å². The number of carbonyl (C=O) groups is 2. The third kappa shape index (κ3) is 7.65. The fraction of sp³-hybridized carbons (Fsp3) is 0.263. The summed E-state index contributed by atoms with van der Waals surface area (Å²) in [6.45, 7) is 1.66. The summed E-state index contributed by atoms with van der Waals surface area (Å²) in [6.07, 6.45) is 0. The van der Waals surface area contributed by atoms with Gasteiger partial charge in [-0.1, -0.05) is 35.9 Å². The van der Waals surface area contributed by atoms with Crippen LogP contribution in [-0.2, 0) is 16.1 Å². The largest absolute Gasteiger partial charge is 0.383 e. The van der Waals surface area contributed by atoms with Crippen LogP contribution in [0.5, 0.6) is 0 Å². The molecular formula is C19H23ClN4O3. The highest BCUT2D eigenvalue weighted by molar-refractivity contribution is 6.33. The minimum absolute atomic E-state index is 0.146. The summed E-state index contributed by atoms with van der Waals surface area (Å²) in [5, 5.41) is 11.7.